The number of hydrogen-bond donors (Lipinski definition) is 0. The number of anilines is 1. The maximum Gasteiger partial charge on any atom is 0.270 e. The van der Waals surface area contributed by atoms with Gasteiger partial charge in [-0.15, -0.1) is 0 Å². The van der Waals surface area contributed by atoms with E-state index in [1.807, 2.05) is 24.1 Å². The Morgan fingerprint density at radius 1 is 1.12 bits per heavy atom. The van der Waals surface area contributed by atoms with E-state index >= 15 is 0 Å². The zero-order valence-electron chi connectivity index (χ0n) is 18.5. The van der Waals surface area contributed by atoms with Gasteiger partial charge in [0, 0.05) is 62.1 Å². The van der Waals surface area contributed by atoms with Crippen molar-refractivity contribution >= 4 is 28.3 Å². The van der Waals surface area contributed by atoms with E-state index in [-0.39, 0.29) is 22.9 Å². The van der Waals surface area contributed by atoms with Gasteiger partial charge in [0.25, 0.3) is 5.69 Å². The van der Waals surface area contributed by atoms with Crippen molar-refractivity contribution < 1.29 is 9.72 Å². The van der Waals surface area contributed by atoms with Gasteiger partial charge in [0.05, 0.1) is 16.9 Å². The Labute approximate surface area is 186 Å². The van der Waals surface area contributed by atoms with Gasteiger partial charge in [0.1, 0.15) is 5.82 Å². The third-order valence-corrected chi connectivity index (χ3v) is 6.83. The quantitative estimate of drug-likeness (QED) is 0.465. The number of benzene rings is 1. The molecule has 0 radical (unpaired) electrons. The molecule has 0 atom stereocenters. The average Bonchev–Trinajstić information content (AvgIpc) is 3.06. The second-order valence-corrected chi connectivity index (χ2v) is 8.81. The van der Waals surface area contributed by atoms with Gasteiger partial charge in [-0.3, -0.25) is 14.9 Å². The molecule has 4 heterocycles. The van der Waals surface area contributed by atoms with Crippen LogP contribution in [-0.4, -0.2) is 51.5 Å². The molecule has 0 saturated carbocycles. The molecule has 0 unspecified atom stereocenters. The number of pyridine rings is 1. The number of non-ortho nitro benzene ring substituents is 1. The molecule has 0 aliphatic carbocycles. The fourth-order valence-corrected chi connectivity index (χ4v) is 5.12. The van der Waals surface area contributed by atoms with E-state index in [1.165, 1.54) is 5.56 Å². The molecule has 1 amide bonds. The highest BCUT2D eigenvalue weighted by atomic mass is 16.6. The minimum absolute atomic E-state index is 0.0799. The Hall–Kier alpha value is -3.42. The maximum absolute atomic E-state index is 13.2. The number of rotatable bonds is 4. The summed E-state index contributed by atoms with van der Waals surface area (Å²) in [4.78, 5) is 33.0. The van der Waals surface area contributed by atoms with Gasteiger partial charge in [-0.1, -0.05) is 0 Å². The van der Waals surface area contributed by atoms with E-state index in [4.69, 9.17) is 0 Å². The van der Waals surface area contributed by atoms with Gasteiger partial charge in [-0.25, -0.2) is 4.98 Å². The van der Waals surface area contributed by atoms with E-state index < -0.39 is 0 Å². The Balaban J connectivity index is 1.38. The predicted octanol–water partition coefficient (Wildman–Crippen LogP) is 3.40. The highest BCUT2D eigenvalue weighted by Crippen LogP contribution is 2.36. The lowest BCUT2D eigenvalue weighted by Gasteiger charge is -2.35. The molecule has 0 spiro atoms. The van der Waals surface area contributed by atoms with Crippen LogP contribution in [0, 0.1) is 24.0 Å². The molecular weight excluding hydrogens is 406 g/mol. The molecule has 32 heavy (non-hydrogen) atoms. The number of aromatic nitrogens is 2. The number of nitrogens with zero attached hydrogens (tertiary/aromatic N) is 5. The van der Waals surface area contributed by atoms with Crippen molar-refractivity contribution in [2.24, 2.45) is 0 Å². The molecule has 3 aromatic rings. The number of carbonyl (C=O) groups excluding carboxylic acids is 1. The van der Waals surface area contributed by atoms with Crippen molar-refractivity contribution in [1.82, 2.24) is 14.5 Å². The molecular formula is C24H27N5O3. The first kappa shape index (κ1) is 20.5. The van der Waals surface area contributed by atoms with Crippen LogP contribution in [0.15, 0.2) is 30.5 Å². The summed E-state index contributed by atoms with van der Waals surface area (Å²) in [7, 11) is 0. The van der Waals surface area contributed by atoms with Gasteiger partial charge in [-0.05, 0) is 55.5 Å². The van der Waals surface area contributed by atoms with Gasteiger partial charge in [0.15, 0.2) is 0 Å². The SMILES string of the molecule is Cc1ccnc(N2CCN(C(=O)Cc3c(C)n4c5c(cc([N+](=O)[O-])cc35)CCC4)CC2)c1. The maximum atomic E-state index is 13.2. The van der Waals surface area contributed by atoms with Crippen LogP contribution >= 0.6 is 0 Å². The first-order valence-electron chi connectivity index (χ1n) is 11.2. The molecule has 0 N–H and O–H groups in total. The van der Waals surface area contributed by atoms with Crippen LogP contribution in [0.3, 0.4) is 0 Å². The first-order chi connectivity index (χ1) is 15.4. The zero-order chi connectivity index (χ0) is 22.4. The van der Waals surface area contributed by atoms with Gasteiger partial charge in [0.2, 0.25) is 5.91 Å². The predicted molar refractivity (Wildman–Crippen MR) is 123 cm³/mol. The highest BCUT2D eigenvalue weighted by Gasteiger charge is 2.27. The van der Waals surface area contributed by atoms with Crippen LogP contribution in [0.2, 0.25) is 0 Å². The van der Waals surface area contributed by atoms with Crippen molar-refractivity contribution in [3.63, 3.8) is 0 Å². The van der Waals surface area contributed by atoms with Crippen molar-refractivity contribution in [3.05, 3.63) is 63.0 Å². The van der Waals surface area contributed by atoms with Crippen LogP contribution in [0.5, 0.6) is 0 Å². The van der Waals surface area contributed by atoms with Crippen molar-refractivity contribution in [2.75, 3.05) is 31.1 Å². The Morgan fingerprint density at radius 3 is 2.62 bits per heavy atom. The van der Waals surface area contributed by atoms with Crippen LogP contribution in [0.25, 0.3) is 10.9 Å². The Kier molecular flexibility index (Phi) is 5.07. The average molecular weight is 434 g/mol. The highest BCUT2D eigenvalue weighted by molar-refractivity contribution is 5.94. The molecule has 0 bridgehead atoms. The van der Waals surface area contributed by atoms with Gasteiger partial charge in [-0.2, -0.15) is 0 Å². The molecule has 2 aromatic heterocycles. The normalized spacial score (nSPS) is 15.9. The minimum atomic E-state index is -0.332. The van der Waals surface area contributed by atoms with Crippen LogP contribution in [0.1, 0.15) is 28.8 Å². The summed E-state index contributed by atoms with van der Waals surface area (Å²) in [6.07, 6.45) is 3.89. The number of nitro benzene ring substituents is 1. The molecule has 166 valence electrons. The summed E-state index contributed by atoms with van der Waals surface area (Å²) < 4.78 is 2.24. The first-order valence-corrected chi connectivity index (χ1v) is 11.2. The van der Waals surface area contributed by atoms with Crippen LogP contribution in [-0.2, 0) is 24.2 Å². The number of piperazine rings is 1. The second kappa shape index (κ2) is 7.93. The third-order valence-electron chi connectivity index (χ3n) is 6.83. The number of aryl methyl sites for hydroxylation is 3. The summed E-state index contributed by atoms with van der Waals surface area (Å²) in [6.45, 7) is 7.77. The second-order valence-electron chi connectivity index (χ2n) is 8.81. The molecule has 8 nitrogen and oxygen atoms in total. The topological polar surface area (TPSA) is 84.5 Å². The third kappa shape index (κ3) is 3.49. The fraction of sp³-hybridized carbons (Fsp3) is 0.417. The number of hydrogen-bond acceptors (Lipinski definition) is 5. The Morgan fingerprint density at radius 2 is 1.91 bits per heavy atom. The van der Waals surface area contributed by atoms with Crippen LogP contribution in [0.4, 0.5) is 11.5 Å². The number of nitro groups is 1. The van der Waals surface area contributed by atoms with Gasteiger partial charge >= 0.3 is 0 Å². The molecule has 5 rings (SSSR count). The number of amides is 1. The van der Waals surface area contributed by atoms with E-state index in [0.29, 0.717) is 13.1 Å². The lowest BCUT2D eigenvalue weighted by atomic mass is 10.00. The van der Waals surface area contributed by atoms with E-state index in [1.54, 1.807) is 12.1 Å². The molecule has 2 aliphatic heterocycles. The van der Waals surface area contributed by atoms with E-state index in [2.05, 4.69) is 27.4 Å². The van der Waals surface area contributed by atoms with Crippen molar-refractivity contribution in [2.45, 2.75) is 39.7 Å². The minimum Gasteiger partial charge on any atom is -0.353 e. The Bertz CT molecular complexity index is 1220. The summed E-state index contributed by atoms with van der Waals surface area (Å²) in [5, 5.41) is 12.3. The smallest absolute Gasteiger partial charge is 0.270 e. The lowest BCUT2D eigenvalue weighted by molar-refractivity contribution is -0.384. The molecule has 1 aromatic carbocycles. The summed E-state index contributed by atoms with van der Waals surface area (Å²) in [6, 6.07) is 7.40. The van der Waals surface area contributed by atoms with Crippen molar-refractivity contribution in [1.29, 1.82) is 0 Å². The fourth-order valence-electron chi connectivity index (χ4n) is 5.12. The zero-order valence-corrected chi connectivity index (χ0v) is 18.5. The van der Waals surface area contributed by atoms with E-state index in [0.717, 1.165) is 66.0 Å². The summed E-state index contributed by atoms with van der Waals surface area (Å²) >= 11 is 0. The summed E-state index contributed by atoms with van der Waals surface area (Å²) in [5.41, 5.74) is 5.35. The lowest BCUT2D eigenvalue weighted by Crippen LogP contribution is -2.49. The van der Waals surface area contributed by atoms with E-state index in [9.17, 15) is 14.9 Å². The monoisotopic (exact) mass is 433 g/mol. The molecule has 1 fully saturated rings. The summed E-state index contributed by atoms with van der Waals surface area (Å²) in [5.74, 6) is 1.03. The molecule has 1 saturated heterocycles. The van der Waals surface area contributed by atoms with Crippen LogP contribution < -0.4 is 4.90 Å². The molecule has 8 heteroatoms. The largest absolute Gasteiger partial charge is 0.353 e. The van der Waals surface area contributed by atoms with Crippen molar-refractivity contribution in [3.8, 4) is 0 Å². The molecule has 2 aliphatic rings. The van der Waals surface area contributed by atoms with Gasteiger partial charge < -0.3 is 14.4 Å². The number of carbonyl (C=O) groups is 1. The standard InChI is InChI=1S/C24H27N5O3/c1-16-5-6-25-22(12-16)26-8-10-27(11-9-26)23(30)15-20-17(2)28-7-3-4-18-13-19(29(31)32)14-21(20)24(18)28/h5-6,12-14H,3-4,7-11,15H2,1-2H3.